The fourth-order valence-corrected chi connectivity index (χ4v) is 7.05. The van der Waals surface area contributed by atoms with E-state index < -0.39 is 5.97 Å². The van der Waals surface area contributed by atoms with Gasteiger partial charge in [0.1, 0.15) is 21.0 Å². The van der Waals surface area contributed by atoms with Crippen molar-refractivity contribution in [2.24, 2.45) is 0 Å². The summed E-state index contributed by atoms with van der Waals surface area (Å²) >= 11 is 1.53. The number of hydrogen-bond acceptors (Lipinski definition) is 9. The zero-order valence-electron chi connectivity index (χ0n) is 23.6. The first kappa shape index (κ1) is 26.7. The van der Waals surface area contributed by atoms with Crippen LogP contribution in [0, 0.1) is 0 Å². The number of carbonyl (C=O) groups is 1. The third-order valence-electron chi connectivity index (χ3n) is 8.74. The summed E-state index contributed by atoms with van der Waals surface area (Å²) in [7, 11) is 0. The van der Waals surface area contributed by atoms with Gasteiger partial charge in [-0.25, -0.2) is 4.79 Å². The van der Waals surface area contributed by atoms with E-state index in [-0.39, 0.29) is 0 Å². The summed E-state index contributed by atoms with van der Waals surface area (Å²) in [6.07, 6.45) is 6.81. The number of aromatic nitrogens is 5. The Balaban J connectivity index is 0.978. The molecule has 1 saturated heterocycles. The summed E-state index contributed by atoms with van der Waals surface area (Å²) in [5, 5.41) is 18.5. The summed E-state index contributed by atoms with van der Waals surface area (Å²) in [6, 6.07) is 23.2. The SMILES string of the molecule is CC1(N2CCN(c3ccc(-c4nnc(-c5ccc(C(=O)On6nnc7ccccc76)cc5)s4)cc3)CC2)CCCCC1. The van der Waals surface area contributed by atoms with Crippen LogP contribution in [0.15, 0.2) is 72.8 Å². The van der Waals surface area contributed by atoms with Gasteiger partial charge in [-0.2, -0.15) is 0 Å². The highest BCUT2D eigenvalue weighted by molar-refractivity contribution is 7.17. The Bertz CT molecular complexity index is 1680. The standard InChI is InChI=1S/C32H33N7O2S/c1-32(17-5-2-6-18-32)38-21-19-37(20-22-38)26-15-13-24(14-16-26)30-35-34-29(42-30)23-9-11-25(12-10-23)31(40)41-39-28-8-4-3-7-27(28)33-36-39/h3-4,7-16H,2,5-6,17-22H2,1H3. The summed E-state index contributed by atoms with van der Waals surface area (Å²) in [5.41, 5.74) is 5.29. The average Bonchev–Trinajstić information content (AvgIpc) is 3.70. The first-order valence-electron chi connectivity index (χ1n) is 14.6. The molecular formula is C32H33N7O2S. The first-order chi connectivity index (χ1) is 20.6. The molecule has 0 bridgehead atoms. The Morgan fingerprint density at radius 1 is 0.786 bits per heavy atom. The van der Waals surface area contributed by atoms with Crippen molar-refractivity contribution in [2.45, 2.75) is 44.6 Å². The lowest BCUT2D eigenvalue weighted by molar-refractivity contribution is 0.0409. The van der Waals surface area contributed by atoms with Crippen molar-refractivity contribution in [2.75, 3.05) is 31.1 Å². The van der Waals surface area contributed by atoms with Crippen LogP contribution in [-0.2, 0) is 0 Å². The van der Waals surface area contributed by atoms with E-state index >= 15 is 0 Å². The van der Waals surface area contributed by atoms with E-state index in [1.165, 1.54) is 49.1 Å². The molecule has 0 amide bonds. The van der Waals surface area contributed by atoms with Crippen LogP contribution in [0.4, 0.5) is 5.69 Å². The van der Waals surface area contributed by atoms with Crippen LogP contribution in [0.2, 0.25) is 0 Å². The molecule has 1 saturated carbocycles. The monoisotopic (exact) mass is 579 g/mol. The van der Waals surface area contributed by atoms with E-state index in [2.05, 4.69) is 61.5 Å². The van der Waals surface area contributed by atoms with Crippen molar-refractivity contribution in [3.05, 3.63) is 78.4 Å². The molecule has 0 spiro atoms. The molecule has 7 rings (SSSR count). The predicted octanol–water partition coefficient (Wildman–Crippen LogP) is 5.73. The number of anilines is 1. The maximum atomic E-state index is 12.7. The second-order valence-corrected chi connectivity index (χ2v) is 12.4. The molecule has 1 aliphatic carbocycles. The normalized spacial score (nSPS) is 17.4. The van der Waals surface area contributed by atoms with Gasteiger partial charge in [0.25, 0.3) is 0 Å². The van der Waals surface area contributed by atoms with Crippen molar-refractivity contribution >= 4 is 34.0 Å². The van der Waals surface area contributed by atoms with Crippen LogP contribution in [0.1, 0.15) is 49.4 Å². The average molecular weight is 580 g/mol. The number of fused-ring (bicyclic) bond motifs is 1. The molecule has 2 aliphatic rings. The molecule has 10 heteroatoms. The minimum absolute atomic E-state index is 0.390. The van der Waals surface area contributed by atoms with Gasteiger partial charge in [0.2, 0.25) is 0 Å². The molecule has 42 heavy (non-hydrogen) atoms. The Labute approximate surface area is 248 Å². The van der Waals surface area contributed by atoms with Crippen LogP contribution < -0.4 is 9.74 Å². The van der Waals surface area contributed by atoms with Gasteiger partial charge in [0, 0.05) is 48.5 Å². The predicted molar refractivity (Wildman–Crippen MR) is 164 cm³/mol. The van der Waals surface area contributed by atoms with Crippen LogP contribution in [-0.4, -0.2) is 67.9 Å². The minimum Gasteiger partial charge on any atom is -0.369 e. The topological polar surface area (TPSA) is 89.3 Å². The number of piperazine rings is 1. The number of nitrogens with zero attached hydrogens (tertiary/aromatic N) is 7. The fourth-order valence-electron chi connectivity index (χ4n) is 6.20. The quantitative estimate of drug-likeness (QED) is 0.236. The molecule has 0 radical (unpaired) electrons. The van der Waals surface area contributed by atoms with E-state index in [9.17, 15) is 4.79 Å². The largest absolute Gasteiger partial charge is 0.369 e. The number of carbonyl (C=O) groups excluding carboxylic acids is 1. The van der Waals surface area contributed by atoms with Crippen molar-refractivity contribution in [3.8, 4) is 21.1 Å². The van der Waals surface area contributed by atoms with Gasteiger partial charge in [-0.15, -0.1) is 15.3 Å². The number of rotatable bonds is 6. The first-order valence-corrected chi connectivity index (χ1v) is 15.4. The molecule has 3 heterocycles. The summed E-state index contributed by atoms with van der Waals surface area (Å²) in [6.45, 7) is 6.86. The van der Waals surface area contributed by atoms with Crippen LogP contribution in [0.25, 0.3) is 32.2 Å². The van der Waals surface area contributed by atoms with Crippen molar-refractivity contribution < 1.29 is 9.63 Å². The molecule has 0 unspecified atom stereocenters. The van der Waals surface area contributed by atoms with Gasteiger partial charge in [-0.3, -0.25) is 4.90 Å². The molecule has 0 atom stereocenters. The van der Waals surface area contributed by atoms with Gasteiger partial charge in [-0.05, 0) is 73.5 Å². The van der Waals surface area contributed by atoms with Gasteiger partial charge in [-0.1, -0.05) is 59.7 Å². The molecule has 1 aliphatic heterocycles. The fraction of sp³-hybridized carbons (Fsp3) is 0.344. The third kappa shape index (κ3) is 5.28. The molecule has 2 aromatic heterocycles. The maximum absolute atomic E-state index is 12.7. The summed E-state index contributed by atoms with van der Waals surface area (Å²) in [5.74, 6) is -0.514. The molecule has 5 aromatic rings. The zero-order chi connectivity index (χ0) is 28.5. The molecular weight excluding hydrogens is 546 g/mol. The minimum atomic E-state index is -0.514. The van der Waals surface area contributed by atoms with Crippen molar-refractivity contribution in [3.63, 3.8) is 0 Å². The highest BCUT2D eigenvalue weighted by Gasteiger charge is 2.35. The Morgan fingerprint density at radius 2 is 1.43 bits per heavy atom. The number of para-hydroxylation sites is 1. The lowest BCUT2D eigenvalue weighted by Gasteiger charge is -2.48. The number of benzene rings is 3. The summed E-state index contributed by atoms with van der Waals surface area (Å²) < 4.78 is 0. The molecule has 9 nitrogen and oxygen atoms in total. The highest BCUT2D eigenvalue weighted by atomic mass is 32.1. The van der Waals surface area contributed by atoms with E-state index in [1.54, 1.807) is 18.2 Å². The molecule has 214 valence electrons. The van der Waals surface area contributed by atoms with Crippen LogP contribution in [0.5, 0.6) is 0 Å². The zero-order valence-corrected chi connectivity index (χ0v) is 24.5. The van der Waals surface area contributed by atoms with E-state index in [1.807, 2.05) is 30.3 Å². The van der Waals surface area contributed by atoms with Crippen LogP contribution >= 0.6 is 11.3 Å². The van der Waals surface area contributed by atoms with Gasteiger partial charge < -0.3 is 9.74 Å². The Morgan fingerprint density at radius 3 is 2.12 bits per heavy atom. The van der Waals surface area contributed by atoms with E-state index in [0.29, 0.717) is 22.1 Å². The molecule has 3 aromatic carbocycles. The Hall–Kier alpha value is -4.15. The van der Waals surface area contributed by atoms with E-state index in [4.69, 9.17) is 4.84 Å². The second-order valence-electron chi connectivity index (χ2n) is 11.4. The van der Waals surface area contributed by atoms with E-state index in [0.717, 1.165) is 52.2 Å². The highest BCUT2D eigenvalue weighted by Crippen LogP contribution is 2.35. The maximum Gasteiger partial charge on any atom is 0.365 e. The van der Waals surface area contributed by atoms with Gasteiger partial charge in [0.15, 0.2) is 0 Å². The third-order valence-corrected chi connectivity index (χ3v) is 9.76. The molecule has 0 N–H and O–H groups in total. The smallest absolute Gasteiger partial charge is 0.365 e. The van der Waals surface area contributed by atoms with Crippen molar-refractivity contribution in [1.29, 1.82) is 0 Å². The Kier molecular flexibility index (Phi) is 7.17. The summed E-state index contributed by atoms with van der Waals surface area (Å²) in [4.78, 5) is 24.5. The lowest BCUT2D eigenvalue weighted by Crippen LogP contribution is -2.56. The number of hydrogen-bond donors (Lipinski definition) is 0. The van der Waals surface area contributed by atoms with Crippen molar-refractivity contribution in [1.82, 2.24) is 30.3 Å². The van der Waals surface area contributed by atoms with Gasteiger partial charge >= 0.3 is 5.97 Å². The van der Waals surface area contributed by atoms with Crippen LogP contribution in [0.3, 0.4) is 0 Å². The second kappa shape index (κ2) is 11.3. The van der Waals surface area contributed by atoms with Gasteiger partial charge in [0.05, 0.1) is 5.56 Å². The lowest BCUT2D eigenvalue weighted by atomic mass is 9.81. The molecule has 2 fully saturated rings.